The number of benzene rings is 1. The zero-order chi connectivity index (χ0) is 31.0. The van der Waals surface area contributed by atoms with E-state index in [1.165, 1.54) is 19.2 Å². The summed E-state index contributed by atoms with van der Waals surface area (Å²) in [5.74, 6) is -2.93. The average molecular weight is 599 g/mol. The second-order valence-corrected chi connectivity index (χ2v) is 9.42. The van der Waals surface area contributed by atoms with Crippen molar-refractivity contribution in [3.63, 3.8) is 0 Å². The third-order valence-corrected chi connectivity index (χ3v) is 6.29. The van der Waals surface area contributed by atoms with E-state index in [2.05, 4.69) is 25.3 Å². The Morgan fingerprint density at radius 3 is 2.40 bits per heavy atom. The van der Waals surface area contributed by atoms with Crippen LogP contribution >= 0.6 is 0 Å². The molecule has 0 saturated carbocycles. The van der Waals surface area contributed by atoms with Gasteiger partial charge in [0.05, 0.1) is 12.8 Å². The van der Waals surface area contributed by atoms with Gasteiger partial charge in [0.1, 0.15) is 23.3 Å². The SMILES string of the molecule is COc1cc(CNC(=O)c2cc(C3=NOC(CN4CCN(C(C)=O)CC4)C3)nc(C)n2)ccc1F.O=C(O)C(F)(F)F. The van der Waals surface area contributed by atoms with Gasteiger partial charge >= 0.3 is 12.1 Å². The highest BCUT2D eigenvalue weighted by Gasteiger charge is 2.38. The fourth-order valence-corrected chi connectivity index (χ4v) is 4.13. The molecule has 0 spiro atoms. The smallest absolute Gasteiger partial charge is 0.490 e. The third-order valence-electron chi connectivity index (χ3n) is 6.29. The minimum absolute atomic E-state index is 0.101. The average Bonchev–Trinajstić information content (AvgIpc) is 3.40. The first kappa shape index (κ1) is 32.2. The highest BCUT2D eigenvalue weighted by molar-refractivity contribution is 6.01. The molecule has 1 fully saturated rings. The Balaban J connectivity index is 0.000000616. The van der Waals surface area contributed by atoms with Crippen molar-refractivity contribution in [1.29, 1.82) is 0 Å². The lowest BCUT2D eigenvalue weighted by Crippen LogP contribution is -2.49. The number of hydrogen-bond donors (Lipinski definition) is 2. The molecule has 2 aromatic rings. The van der Waals surface area contributed by atoms with Gasteiger partial charge < -0.3 is 24.9 Å². The normalized spacial score (nSPS) is 17.0. The number of aromatic nitrogens is 2. The topological polar surface area (TPSA) is 147 Å². The number of halogens is 4. The maximum Gasteiger partial charge on any atom is 0.490 e. The number of carbonyl (C=O) groups excluding carboxylic acids is 2. The Hall–Kier alpha value is -4.34. The number of hydrogen-bond acceptors (Lipinski definition) is 9. The standard InChI is InChI=1S/C24H29FN6O4.C2HF3O2/c1-15-27-20(21-11-18(35-29-21)14-30-6-8-31(9-7-30)16(2)32)12-22(28-15)24(33)26-13-17-4-5-19(25)23(10-17)34-3;3-2(4,5)1(6)7/h4-5,10,12,18H,6-9,11,13-14H2,1-3H3,(H,26,33);(H,6,7). The van der Waals surface area contributed by atoms with Crippen molar-refractivity contribution in [3.05, 3.63) is 52.9 Å². The second-order valence-electron chi connectivity index (χ2n) is 9.42. The van der Waals surface area contributed by atoms with Crippen LogP contribution in [0.25, 0.3) is 0 Å². The molecule has 4 rings (SSSR count). The lowest BCUT2D eigenvalue weighted by atomic mass is 10.1. The molecule has 1 unspecified atom stereocenters. The number of carbonyl (C=O) groups is 3. The Morgan fingerprint density at radius 1 is 1.14 bits per heavy atom. The molecular weight excluding hydrogens is 568 g/mol. The number of ether oxygens (including phenoxy) is 1. The summed E-state index contributed by atoms with van der Waals surface area (Å²) in [4.78, 5) is 51.6. The maximum absolute atomic E-state index is 13.6. The molecule has 228 valence electrons. The number of nitrogens with zero attached hydrogens (tertiary/aromatic N) is 5. The van der Waals surface area contributed by atoms with Gasteiger partial charge in [-0.25, -0.2) is 19.2 Å². The van der Waals surface area contributed by atoms with E-state index in [1.54, 1.807) is 26.0 Å². The molecule has 1 aromatic heterocycles. The van der Waals surface area contributed by atoms with E-state index in [9.17, 15) is 27.2 Å². The molecular formula is C26H30F4N6O6. The van der Waals surface area contributed by atoms with Gasteiger partial charge in [-0.3, -0.25) is 14.5 Å². The minimum Gasteiger partial charge on any atom is -0.494 e. The number of rotatable bonds is 7. The Kier molecular flexibility index (Phi) is 10.7. The van der Waals surface area contributed by atoms with Gasteiger partial charge in [0.15, 0.2) is 11.6 Å². The monoisotopic (exact) mass is 598 g/mol. The number of aryl methyl sites for hydroxylation is 1. The summed E-state index contributed by atoms with van der Waals surface area (Å²) in [6.45, 7) is 7.22. The number of nitrogens with one attached hydrogen (secondary N) is 1. The number of alkyl halides is 3. The zero-order valence-corrected chi connectivity index (χ0v) is 23.1. The predicted octanol–water partition coefficient (Wildman–Crippen LogP) is 2.15. The zero-order valence-electron chi connectivity index (χ0n) is 23.1. The first-order valence-electron chi connectivity index (χ1n) is 12.7. The van der Waals surface area contributed by atoms with Crippen LogP contribution in [0.15, 0.2) is 29.4 Å². The molecule has 1 aromatic carbocycles. The summed E-state index contributed by atoms with van der Waals surface area (Å²) >= 11 is 0. The molecule has 0 bridgehead atoms. The fourth-order valence-electron chi connectivity index (χ4n) is 4.13. The molecule has 3 heterocycles. The summed E-state index contributed by atoms with van der Waals surface area (Å²) in [5.41, 5.74) is 2.13. The summed E-state index contributed by atoms with van der Waals surface area (Å²) in [7, 11) is 1.39. The molecule has 0 aliphatic carbocycles. The molecule has 2 aliphatic heterocycles. The van der Waals surface area contributed by atoms with Gasteiger partial charge in [0, 0.05) is 52.6 Å². The highest BCUT2D eigenvalue weighted by Crippen LogP contribution is 2.20. The van der Waals surface area contributed by atoms with Crippen LogP contribution in [0.4, 0.5) is 17.6 Å². The van der Waals surface area contributed by atoms with E-state index in [4.69, 9.17) is 19.5 Å². The predicted molar refractivity (Wildman–Crippen MR) is 139 cm³/mol. The molecule has 2 N–H and O–H groups in total. The quantitative estimate of drug-likeness (QED) is 0.458. The van der Waals surface area contributed by atoms with Crippen molar-refractivity contribution < 1.29 is 46.6 Å². The molecule has 2 aliphatic rings. The van der Waals surface area contributed by atoms with Crippen LogP contribution in [0.2, 0.25) is 0 Å². The van der Waals surface area contributed by atoms with E-state index in [0.717, 1.165) is 13.1 Å². The van der Waals surface area contributed by atoms with Gasteiger partial charge in [-0.2, -0.15) is 13.2 Å². The molecule has 1 saturated heterocycles. The van der Waals surface area contributed by atoms with Gasteiger partial charge in [0.25, 0.3) is 5.91 Å². The Morgan fingerprint density at radius 2 is 1.81 bits per heavy atom. The van der Waals surface area contributed by atoms with E-state index in [0.29, 0.717) is 48.8 Å². The van der Waals surface area contributed by atoms with Crippen LogP contribution in [-0.2, 0) is 21.0 Å². The van der Waals surface area contributed by atoms with Crippen molar-refractivity contribution >= 4 is 23.5 Å². The number of carboxylic acid groups (broad SMARTS) is 1. The third kappa shape index (κ3) is 9.09. The van der Waals surface area contributed by atoms with Gasteiger partial charge in [-0.1, -0.05) is 11.2 Å². The van der Waals surface area contributed by atoms with Gasteiger partial charge in [0.2, 0.25) is 5.91 Å². The molecule has 0 radical (unpaired) electrons. The van der Waals surface area contributed by atoms with E-state index >= 15 is 0 Å². The van der Waals surface area contributed by atoms with Crippen LogP contribution in [-0.4, -0.2) is 100 Å². The minimum atomic E-state index is -5.08. The summed E-state index contributed by atoms with van der Waals surface area (Å²) in [6.07, 6.45) is -4.63. The van der Waals surface area contributed by atoms with Gasteiger partial charge in [-0.05, 0) is 30.7 Å². The van der Waals surface area contributed by atoms with Crippen LogP contribution < -0.4 is 10.1 Å². The van der Waals surface area contributed by atoms with E-state index in [1.807, 2.05) is 4.90 Å². The first-order chi connectivity index (χ1) is 19.8. The Bertz CT molecular complexity index is 1330. The number of oxime groups is 1. The molecule has 16 heteroatoms. The summed E-state index contributed by atoms with van der Waals surface area (Å²) in [6, 6.07) is 6.02. The second kappa shape index (κ2) is 14.0. The largest absolute Gasteiger partial charge is 0.494 e. The number of aliphatic carboxylic acids is 1. The number of carboxylic acids is 1. The van der Waals surface area contributed by atoms with Crippen LogP contribution in [0.1, 0.15) is 40.9 Å². The molecule has 1 atom stereocenters. The van der Waals surface area contributed by atoms with E-state index in [-0.39, 0.29) is 35.9 Å². The van der Waals surface area contributed by atoms with Crippen molar-refractivity contribution in [1.82, 2.24) is 25.1 Å². The lowest BCUT2D eigenvalue weighted by molar-refractivity contribution is -0.192. The van der Waals surface area contributed by atoms with Crippen molar-refractivity contribution in [3.8, 4) is 5.75 Å². The molecule has 2 amide bonds. The first-order valence-corrected chi connectivity index (χ1v) is 12.7. The Labute approximate surface area is 238 Å². The number of piperazine rings is 1. The highest BCUT2D eigenvalue weighted by atomic mass is 19.4. The van der Waals surface area contributed by atoms with Crippen molar-refractivity contribution in [2.24, 2.45) is 5.16 Å². The number of methoxy groups -OCH3 is 1. The van der Waals surface area contributed by atoms with Crippen LogP contribution in [0, 0.1) is 12.7 Å². The fraction of sp³-hybridized carbons (Fsp3) is 0.462. The van der Waals surface area contributed by atoms with E-state index < -0.39 is 18.0 Å². The molecule has 12 nitrogen and oxygen atoms in total. The lowest BCUT2D eigenvalue weighted by Gasteiger charge is -2.34. The summed E-state index contributed by atoms with van der Waals surface area (Å²) in [5, 5.41) is 14.1. The van der Waals surface area contributed by atoms with Crippen LogP contribution in [0.3, 0.4) is 0 Å². The summed E-state index contributed by atoms with van der Waals surface area (Å²) < 4.78 is 50.3. The maximum atomic E-state index is 13.6. The molecule has 42 heavy (non-hydrogen) atoms. The van der Waals surface area contributed by atoms with Crippen LogP contribution in [0.5, 0.6) is 5.75 Å². The van der Waals surface area contributed by atoms with Crippen molar-refractivity contribution in [2.45, 2.75) is 39.1 Å². The van der Waals surface area contributed by atoms with Crippen molar-refractivity contribution in [2.75, 3.05) is 39.8 Å². The van der Waals surface area contributed by atoms with Gasteiger partial charge in [-0.15, -0.1) is 0 Å². The number of amides is 2.